The Morgan fingerprint density at radius 3 is 2.65 bits per heavy atom. The summed E-state index contributed by atoms with van der Waals surface area (Å²) in [4.78, 5) is 17.3. The molecule has 0 unspecified atom stereocenters. The van der Waals surface area contributed by atoms with Crippen LogP contribution >= 0.6 is 0 Å². The summed E-state index contributed by atoms with van der Waals surface area (Å²) in [5.74, 6) is 0.511. The maximum Gasteiger partial charge on any atom is 0.254 e. The van der Waals surface area contributed by atoms with Gasteiger partial charge in [0.25, 0.3) is 5.91 Å². The summed E-state index contributed by atoms with van der Waals surface area (Å²) >= 11 is 0. The average molecular weight is 353 g/mol. The number of carbonyl (C=O) groups excluding carboxylic acids is 1. The van der Waals surface area contributed by atoms with Crippen molar-refractivity contribution in [2.24, 2.45) is 5.92 Å². The number of likely N-dealkylation sites (tertiary alicyclic amines) is 1. The molecule has 1 aliphatic heterocycles. The Hall–Kier alpha value is -2.40. The first-order valence-electron chi connectivity index (χ1n) is 9.32. The van der Waals surface area contributed by atoms with Gasteiger partial charge < -0.3 is 15.0 Å². The summed E-state index contributed by atoms with van der Waals surface area (Å²) in [6.07, 6.45) is 5.95. The highest BCUT2D eigenvalue weighted by Gasteiger charge is 2.24. The number of pyridine rings is 1. The number of amides is 1. The molecular weight excluding hydrogens is 326 g/mol. The predicted molar refractivity (Wildman–Crippen MR) is 102 cm³/mol. The minimum atomic E-state index is 0.00903. The van der Waals surface area contributed by atoms with E-state index in [0.29, 0.717) is 22.8 Å². The van der Waals surface area contributed by atoms with Gasteiger partial charge in [0, 0.05) is 31.8 Å². The molecule has 3 rings (SSSR count). The van der Waals surface area contributed by atoms with E-state index in [0.717, 1.165) is 32.5 Å². The van der Waals surface area contributed by atoms with E-state index in [1.807, 2.05) is 23.1 Å². The lowest BCUT2D eigenvalue weighted by Crippen LogP contribution is -2.42. The molecular formula is C21H27N3O2. The summed E-state index contributed by atoms with van der Waals surface area (Å²) in [6, 6.07) is 13.5. The minimum absolute atomic E-state index is 0.00903. The molecule has 5 nitrogen and oxygen atoms in total. The SMILES string of the molecule is CN1CCC[C@H](CN(CCc2ccccc2)C(=O)c2cc[n+]([O-])cc2)C1. The maximum absolute atomic E-state index is 13.0. The van der Waals surface area contributed by atoms with Gasteiger partial charge in [-0.3, -0.25) is 4.79 Å². The van der Waals surface area contributed by atoms with Crippen molar-refractivity contribution < 1.29 is 9.52 Å². The van der Waals surface area contributed by atoms with Gasteiger partial charge in [-0.1, -0.05) is 30.3 Å². The standard InChI is InChI=1S/C21H27N3O2/c1-22-12-5-8-19(16-22)17-23(13-9-18-6-3-2-4-7-18)21(25)20-10-14-24(26)15-11-20/h2-4,6-7,10-11,14-15,19H,5,8-9,12-13,16-17H2,1H3/t19-/m0/s1. The first-order valence-corrected chi connectivity index (χ1v) is 9.32. The molecule has 1 saturated heterocycles. The van der Waals surface area contributed by atoms with Crippen LogP contribution in [0.5, 0.6) is 0 Å². The maximum atomic E-state index is 13.0. The molecule has 2 heterocycles. The van der Waals surface area contributed by atoms with Gasteiger partial charge >= 0.3 is 0 Å². The van der Waals surface area contributed by atoms with Crippen LogP contribution in [0.2, 0.25) is 0 Å². The molecule has 1 atom stereocenters. The Labute approximate surface area is 155 Å². The quantitative estimate of drug-likeness (QED) is 0.592. The van der Waals surface area contributed by atoms with Crippen molar-refractivity contribution in [3.8, 4) is 0 Å². The van der Waals surface area contributed by atoms with Crippen molar-refractivity contribution in [2.45, 2.75) is 19.3 Å². The first kappa shape index (κ1) is 18.4. The fourth-order valence-electron chi connectivity index (χ4n) is 3.66. The molecule has 0 N–H and O–H groups in total. The van der Waals surface area contributed by atoms with E-state index in [1.54, 1.807) is 12.1 Å². The van der Waals surface area contributed by atoms with E-state index in [2.05, 4.69) is 24.1 Å². The third-order valence-corrected chi connectivity index (χ3v) is 5.05. The minimum Gasteiger partial charge on any atom is -0.619 e. The Kier molecular flexibility index (Phi) is 6.23. The van der Waals surface area contributed by atoms with Crippen molar-refractivity contribution in [3.63, 3.8) is 0 Å². The van der Waals surface area contributed by atoms with Crippen LogP contribution in [0.25, 0.3) is 0 Å². The smallest absolute Gasteiger partial charge is 0.254 e. The second-order valence-electron chi connectivity index (χ2n) is 7.20. The van der Waals surface area contributed by atoms with Crippen molar-refractivity contribution in [1.82, 2.24) is 9.80 Å². The lowest BCUT2D eigenvalue weighted by atomic mass is 9.97. The molecule has 2 aromatic rings. The number of hydrogen-bond donors (Lipinski definition) is 0. The highest BCUT2D eigenvalue weighted by molar-refractivity contribution is 5.94. The van der Waals surface area contributed by atoms with Crippen LogP contribution in [-0.2, 0) is 6.42 Å². The largest absolute Gasteiger partial charge is 0.619 e. The molecule has 138 valence electrons. The van der Waals surface area contributed by atoms with Gasteiger partial charge in [-0.05, 0) is 44.3 Å². The zero-order chi connectivity index (χ0) is 18.4. The summed E-state index contributed by atoms with van der Waals surface area (Å²) in [7, 11) is 2.15. The number of aromatic nitrogens is 1. The van der Waals surface area contributed by atoms with Crippen LogP contribution in [0.15, 0.2) is 54.9 Å². The van der Waals surface area contributed by atoms with Crippen molar-refractivity contribution in [1.29, 1.82) is 0 Å². The lowest BCUT2D eigenvalue weighted by molar-refractivity contribution is -0.605. The molecule has 0 radical (unpaired) electrons. The molecule has 0 spiro atoms. The fourth-order valence-corrected chi connectivity index (χ4v) is 3.66. The number of hydrogen-bond acceptors (Lipinski definition) is 3. The summed E-state index contributed by atoms with van der Waals surface area (Å²) in [5, 5.41) is 11.3. The average Bonchev–Trinajstić information content (AvgIpc) is 2.66. The highest BCUT2D eigenvalue weighted by atomic mass is 16.5. The Morgan fingerprint density at radius 1 is 1.23 bits per heavy atom. The van der Waals surface area contributed by atoms with Gasteiger partial charge in [0.05, 0.1) is 5.56 Å². The van der Waals surface area contributed by atoms with E-state index in [-0.39, 0.29) is 5.91 Å². The van der Waals surface area contributed by atoms with Crippen molar-refractivity contribution >= 4 is 5.91 Å². The highest BCUT2D eigenvalue weighted by Crippen LogP contribution is 2.18. The van der Waals surface area contributed by atoms with E-state index in [1.165, 1.54) is 24.4 Å². The third kappa shape index (κ3) is 5.05. The fraction of sp³-hybridized carbons (Fsp3) is 0.429. The first-order chi connectivity index (χ1) is 12.6. The molecule has 1 fully saturated rings. The van der Waals surface area contributed by atoms with Crippen LogP contribution < -0.4 is 4.73 Å². The number of carbonyl (C=O) groups is 1. The van der Waals surface area contributed by atoms with E-state index >= 15 is 0 Å². The van der Waals surface area contributed by atoms with Gasteiger partial charge in [-0.25, -0.2) is 0 Å². The summed E-state index contributed by atoms with van der Waals surface area (Å²) < 4.78 is 0.710. The molecule has 26 heavy (non-hydrogen) atoms. The molecule has 5 heteroatoms. The van der Waals surface area contributed by atoms with Gasteiger partial charge in [0.2, 0.25) is 0 Å². The Morgan fingerprint density at radius 2 is 1.96 bits per heavy atom. The van der Waals surface area contributed by atoms with Crippen molar-refractivity contribution in [2.75, 3.05) is 33.2 Å². The normalized spacial score (nSPS) is 17.8. The van der Waals surface area contributed by atoms with Crippen molar-refractivity contribution in [3.05, 3.63) is 71.2 Å². The number of nitrogens with zero attached hydrogens (tertiary/aromatic N) is 3. The van der Waals surface area contributed by atoms with Crippen LogP contribution in [-0.4, -0.2) is 48.9 Å². The monoisotopic (exact) mass is 353 g/mol. The van der Waals surface area contributed by atoms with E-state index in [9.17, 15) is 10.0 Å². The molecule has 0 bridgehead atoms. The van der Waals surface area contributed by atoms with Crippen LogP contribution in [0.3, 0.4) is 0 Å². The summed E-state index contributed by atoms with van der Waals surface area (Å²) in [6.45, 7) is 3.62. The Balaban J connectivity index is 1.71. The molecule has 0 saturated carbocycles. The molecule has 1 aromatic carbocycles. The van der Waals surface area contributed by atoms with Gasteiger partial charge in [0.1, 0.15) is 0 Å². The second-order valence-corrected chi connectivity index (χ2v) is 7.20. The van der Waals surface area contributed by atoms with Gasteiger partial charge in [-0.2, -0.15) is 4.73 Å². The van der Waals surface area contributed by atoms with Crippen LogP contribution in [0.4, 0.5) is 0 Å². The molecule has 1 aliphatic rings. The van der Waals surface area contributed by atoms with Gasteiger partial charge in [-0.15, -0.1) is 0 Å². The second kappa shape index (κ2) is 8.81. The molecule has 0 aliphatic carbocycles. The molecule has 1 aromatic heterocycles. The molecule has 1 amide bonds. The topological polar surface area (TPSA) is 50.5 Å². The number of rotatable bonds is 6. The number of benzene rings is 1. The van der Waals surface area contributed by atoms with E-state index < -0.39 is 0 Å². The predicted octanol–water partition coefficient (Wildman–Crippen LogP) is 2.35. The Bertz CT molecular complexity index is 703. The van der Waals surface area contributed by atoms with Gasteiger partial charge in [0.15, 0.2) is 12.4 Å². The lowest BCUT2D eigenvalue weighted by Gasteiger charge is -2.34. The summed E-state index contributed by atoms with van der Waals surface area (Å²) in [5.41, 5.74) is 1.81. The van der Waals surface area contributed by atoms with E-state index in [4.69, 9.17) is 0 Å². The number of piperidine rings is 1. The zero-order valence-corrected chi connectivity index (χ0v) is 15.4. The van der Waals surface area contributed by atoms with Crippen LogP contribution in [0, 0.1) is 11.1 Å². The third-order valence-electron chi connectivity index (χ3n) is 5.05. The van der Waals surface area contributed by atoms with Crippen LogP contribution in [0.1, 0.15) is 28.8 Å². The zero-order valence-electron chi connectivity index (χ0n) is 15.4.